The quantitative estimate of drug-likeness (QED) is 0.797. The first-order chi connectivity index (χ1) is 8.66. The molecule has 0 saturated heterocycles. The van der Waals surface area contributed by atoms with Crippen molar-refractivity contribution in [3.63, 3.8) is 0 Å². The van der Waals surface area contributed by atoms with Gasteiger partial charge in [-0.1, -0.05) is 25.7 Å². The number of aryl methyl sites for hydroxylation is 1. The smallest absolute Gasteiger partial charge is 0.251 e. The van der Waals surface area contributed by atoms with Gasteiger partial charge in [0, 0.05) is 11.6 Å². The second kappa shape index (κ2) is 5.98. The van der Waals surface area contributed by atoms with Crippen LogP contribution in [0, 0.1) is 12.7 Å². The normalized spacial score (nSPS) is 17.2. The molecule has 1 amide bonds. The Labute approximate surface area is 108 Å². The topological polar surface area (TPSA) is 29.1 Å². The van der Waals surface area contributed by atoms with Crippen molar-refractivity contribution in [2.75, 3.05) is 0 Å². The Balaban J connectivity index is 1.99. The van der Waals surface area contributed by atoms with Gasteiger partial charge in [0.25, 0.3) is 5.91 Å². The summed E-state index contributed by atoms with van der Waals surface area (Å²) in [5, 5.41) is 3.06. The fraction of sp³-hybridized carbons (Fsp3) is 0.533. The van der Waals surface area contributed by atoms with E-state index in [1.165, 1.54) is 31.7 Å². The van der Waals surface area contributed by atoms with Crippen molar-refractivity contribution >= 4 is 5.91 Å². The van der Waals surface area contributed by atoms with Crippen molar-refractivity contribution in [3.05, 3.63) is 35.1 Å². The number of amides is 1. The molecule has 0 bridgehead atoms. The maximum Gasteiger partial charge on any atom is 0.251 e. The third-order valence-electron chi connectivity index (χ3n) is 3.61. The van der Waals surface area contributed by atoms with Crippen LogP contribution in [0.25, 0.3) is 0 Å². The molecule has 0 unspecified atom stereocenters. The number of carbonyl (C=O) groups is 1. The highest BCUT2D eigenvalue weighted by atomic mass is 19.1. The van der Waals surface area contributed by atoms with Gasteiger partial charge in [-0.2, -0.15) is 0 Å². The molecule has 0 aromatic heterocycles. The SMILES string of the molecule is Cc1cc(C(=O)NC2CCCCCC2)ccc1F. The van der Waals surface area contributed by atoms with Gasteiger partial charge >= 0.3 is 0 Å². The predicted octanol–water partition coefficient (Wildman–Crippen LogP) is 3.59. The van der Waals surface area contributed by atoms with Gasteiger partial charge in [0.15, 0.2) is 0 Å². The van der Waals surface area contributed by atoms with Crippen LogP contribution in [0.2, 0.25) is 0 Å². The molecule has 98 valence electrons. The van der Waals surface area contributed by atoms with Gasteiger partial charge in [0.1, 0.15) is 5.82 Å². The third-order valence-corrected chi connectivity index (χ3v) is 3.61. The Hall–Kier alpha value is -1.38. The summed E-state index contributed by atoms with van der Waals surface area (Å²) in [7, 11) is 0. The molecular weight excluding hydrogens is 229 g/mol. The molecule has 0 spiro atoms. The second-order valence-corrected chi connectivity index (χ2v) is 5.13. The molecule has 0 heterocycles. The van der Waals surface area contributed by atoms with Crippen LogP contribution in [0.1, 0.15) is 54.4 Å². The van der Waals surface area contributed by atoms with Crippen molar-refractivity contribution in [2.24, 2.45) is 0 Å². The van der Waals surface area contributed by atoms with Crippen LogP contribution < -0.4 is 5.32 Å². The zero-order chi connectivity index (χ0) is 13.0. The van der Waals surface area contributed by atoms with Crippen LogP contribution in [-0.2, 0) is 0 Å². The largest absolute Gasteiger partial charge is 0.349 e. The summed E-state index contributed by atoms with van der Waals surface area (Å²) < 4.78 is 13.1. The van der Waals surface area contributed by atoms with E-state index in [0.29, 0.717) is 11.1 Å². The Bertz CT molecular complexity index is 423. The van der Waals surface area contributed by atoms with Crippen molar-refractivity contribution < 1.29 is 9.18 Å². The molecular formula is C15H20FNO. The minimum Gasteiger partial charge on any atom is -0.349 e. The number of nitrogens with one attached hydrogen (secondary N) is 1. The van der Waals surface area contributed by atoms with E-state index in [-0.39, 0.29) is 17.8 Å². The lowest BCUT2D eigenvalue weighted by atomic mass is 10.1. The van der Waals surface area contributed by atoms with Gasteiger partial charge < -0.3 is 5.32 Å². The van der Waals surface area contributed by atoms with Gasteiger partial charge in [-0.3, -0.25) is 4.79 Å². The Morgan fingerprint density at radius 1 is 1.22 bits per heavy atom. The van der Waals surface area contributed by atoms with Gasteiger partial charge in [-0.05, 0) is 43.5 Å². The third kappa shape index (κ3) is 3.31. The van der Waals surface area contributed by atoms with Crippen LogP contribution in [0.3, 0.4) is 0 Å². The van der Waals surface area contributed by atoms with E-state index in [4.69, 9.17) is 0 Å². The predicted molar refractivity (Wildman–Crippen MR) is 70.1 cm³/mol. The summed E-state index contributed by atoms with van der Waals surface area (Å²) in [6, 6.07) is 4.80. The maximum atomic E-state index is 13.1. The lowest BCUT2D eigenvalue weighted by Gasteiger charge is -2.16. The fourth-order valence-corrected chi connectivity index (χ4v) is 2.48. The van der Waals surface area contributed by atoms with E-state index in [1.807, 2.05) is 0 Å². The molecule has 0 aliphatic heterocycles. The van der Waals surface area contributed by atoms with E-state index < -0.39 is 0 Å². The average molecular weight is 249 g/mol. The van der Waals surface area contributed by atoms with Gasteiger partial charge in [0.05, 0.1) is 0 Å². The second-order valence-electron chi connectivity index (χ2n) is 5.13. The van der Waals surface area contributed by atoms with Crippen molar-refractivity contribution in [1.29, 1.82) is 0 Å². The van der Waals surface area contributed by atoms with E-state index >= 15 is 0 Å². The molecule has 0 radical (unpaired) electrons. The Morgan fingerprint density at radius 2 is 1.89 bits per heavy atom. The minimum absolute atomic E-state index is 0.0787. The summed E-state index contributed by atoms with van der Waals surface area (Å²) in [4.78, 5) is 12.1. The number of rotatable bonds is 2. The van der Waals surface area contributed by atoms with Crippen LogP contribution in [0.4, 0.5) is 4.39 Å². The molecule has 1 aliphatic rings. The summed E-state index contributed by atoms with van der Waals surface area (Å²) in [6.45, 7) is 1.68. The van der Waals surface area contributed by atoms with Gasteiger partial charge in [-0.15, -0.1) is 0 Å². The minimum atomic E-state index is -0.263. The van der Waals surface area contributed by atoms with Crippen LogP contribution >= 0.6 is 0 Å². The molecule has 1 N–H and O–H groups in total. The number of carbonyl (C=O) groups excluding carboxylic acids is 1. The van der Waals surface area contributed by atoms with E-state index in [9.17, 15) is 9.18 Å². The van der Waals surface area contributed by atoms with Crippen LogP contribution in [0.15, 0.2) is 18.2 Å². The Kier molecular flexibility index (Phi) is 4.34. The lowest BCUT2D eigenvalue weighted by Crippen LogP contribution is -2.34. The molecule has 1 aromatic carbocycles. The molecule has 2 nitrogen and oxygen atoms in total. The van der Waals surface area contributed by atoms with E-state index in [0.717, 1.165) is 12.8 Å². The number of benzene rings is 1. The monoisotopic (exact) mass is 249 g/mol. The summed E-state index contributed by atoms with van der Waals surface area (Å²) in [5.41, 5.74) is 1.07. The maximum absolute atomic E-state index is 13.1. The number of hydrogen-bond donors (Lipinski definition) is 1. The average Bonchev–Trinajstić information content (AvgIpc) is 2.61. The summed E-state index contributed by atoms with van der Waals surface area (Å²) in [5.74, 6) is -0.342. The number of hydrogen-bond acceptors (Lipinski definition) is 1. The molecule has 1 fully saturated rings. The molecule has 1 aromatic rings. The summed E-state index contributed by atoms with van der Waals surface area (Å²) >= 11 is 0. The Morgan fingerprint density at radius 3 is 2.50 bits per heavy atom. The van der Waals surface area contributed by atoms with Gasteiger partial charge in [0.2, 0.25) is 0 Å². The highest BCUT2D eigenvalue weighted by Crippen LogP contribution is 2.18. The van der Waals surface area contributed by atoms with Crippen LogP contribution in [0.5, 0.6) is 0 Å². The van der Waals surface area contributed by atoms with Crippen molar-refractivity contribution in [2.45, 2.75) is 51.5 Å². The first-order valence-corrected chi connectivity index (χ1v) is 6.74. The standard InChI is InChI=1S/C15H20FNO/c1-11-10-12(8-9-14(11)16)15(18)17-13-6-4-2-3-5-7-13/h8-10,13H,2-7H2,1H3,(H,17,18). The van der Waals surface area contributed by atoms with Gasteiger partial charge in [-0.25, -0.2) is 4.39 Å². The zero-order valence-corrected chi connectivity index (χ0v) is 10.8. The highest BCUT2D eigenvalue weighted by Gasteiger charge is 2.16. The molecule has 1 aliphatic carbocycles. The number of halogens is 1. The molecule has 0 atom stereocenters. The van der Waals surface area contributed by atoms with Crippen molar-refractivity contribution in [1.82, 2.24) is 5.32 Å². The molecule has 3 heteroatoms. The first-order valence-electron chi connectivity index (χ1n) is 6.74. The van der Waals surface area contributed by atoms with E-state index in [2.05, 4.69) is 5.32 Å². The molecule has 18 heavy (non-hydrogen) atoms. The zero-order valence-electron chi connectivity index (χ0n) is 10.8. The first kappa shape index (κ1) is 13.1. The van der Waals surface area contributed by atoms with E-state index in [1.54, 1.807) is 19.1 Å². The van der Waals surface area contributed by atoms with Crippen LogP contribution in [-0.4, -0.2) is 11.9 Å². The summed E-state index contributed by atoms with van der Waals surface area (Å²) in [6.07, 6.45) is 7.03. The van der Waals surface area contributed by atoms with Crippen molar-refractivity contribution in [3.8, 4) is 0 Å². The lowest BCUT2D eigenvalue weighted by molar-refractivity contribution is 0.0933. The molecule has 1 saturated carbocycles. The highest BCUT2D eigenvalue weighted by molar-refractivity contribution is 5.94. The molecule has 2 rings (SSSR count). The fourth-order valence-electron chi connectivity index (χ4n) is 2.48.